The molecule has 1 saturated carbocycles. The van der Waals surface area contributed by atoms with E-state index >= 15 is 0 Å². The Kier molecular flexibility index (Phi) is 3.26. The molecule has 0 spiro atoms. The van der Waals surface area contributed by atoms with Crippen molar-refractivity contribution >= 4 is 11.8 Å². The lowest BCUT2D eigenvalue weighted by Crippen LogP contribution is -2.20. The predicted octanol–water partition coefficient (Wildman–Crippen LogP) is 1.31. The van der Waals surface area contributed by atoms with Crippen LogP contribution in [0.25, 0.3) is 0 Å². The van der Waals surface area contributed by atoms with Crippen LogP contribution in [0.3, 0.4) is 0 Å². The van der Waals surface area contributed by atoms with Crippen LogP contribution in [0.15, 0.2) is 0 Å². The van der Waals surface area contributed by atoms with Crippen LogP contribution in [0.2, 0.25) is 0 Å². The monoisotopic (exact) mass is 170 g/mol. The maximum atomic E-state index is 10.9. The zero-order valence-electron chi connectivity index (χ0n) is 7.34. The molecule has 3 nitrogen and oxygen atoms in total. The van der Waals surface area contributed by atoms with Crippen molar-refractivity contribution < 1.29 is 14.3 Å². The summed E-state index contributed by atoms with van der Waals surface area (Å²) in [4.78, 5) is 21.3. The van der Waals surface area contributed by atoms with Crippen LogP contribution in [0.4, 0.5) is 0 Å². The van der Waals surface area contributed by atoms with Gasteiger partial charge in [-0.05, 0) is 25.7 Å². The largest absolute Gasteiger partial charge is 0.465 e. The lowest BCUT2D eigenvalue weighted by atomic mass is 9.86. The Morgan fingerprint density at radius 2 is 2.08 bits per heavy atom. The number of carbonyl (C=O) groups excluding carboxylic acids is 2. The van der Waals surface area contributed by atoms with E-state index < -0.39 is 0 Å². The standard InChI is InChI=1S/C9H14O3/c1-7(10)5-9(11)12-6-8-3-2-4-8/h8H,2-6H2,1H3. The molecule has 0 amide bonds. The molecule has 0 radical (unpaired) electrons. The molecule has 12 heavy (non-hydrogen) atoms. The first-order chi connectivity index (χ1) is 5.68. The summed E-state index contributed by atoms with van der Waals surface area (Å²) in [5, 5.41) is 0. The van der Waals surface area contributed by atoms with Crippen LogP contribution in [-0.4, -0.2) is 18.4 Å². The molecule has 1 fully saturated rings. The zero-order valence-corrected chi connectivity index (χ0v) is 7.34. The van der Waals surface area contributed by atoms with Crippen LogP contribution in [0, 0.1) is 5.92 Å². The summed E-state index contributed by atoms with van der Waals surface area (Å²) in [7, 11) is 0. The van der Waals surface area contributed by atoms with Crippen LogP contribution in [-0.2, 0) is 14.3 Å². The SMILES string of the molecule is CC(=O)CC(=O)OCC1CCC1. The fourth-order valence-corrected chi connectivity index (χ4v) is 1.12. The first-order valence-electron chi connectivity index (χ1n) is 4.33. The number of hydrogen-bond acceptors (Lipinski definition) is 3. The van der Waals surface area contributed by atoms with Crippen molar-refractivity contribution in [1.82, 2.24) is 0 Å². The van der Waals surface area contributed by atoms with Crippen LogP contribution < -0.4 is 0 Å². The molecule has 1 rings (SSSR count). The van der Waals surface area contributed by atoms with Gasteiger partial charge in [0.2, 0.25) is 0 Å². The highest BCUT2D eigenvalue weighted by Crippen LogP contribution is 2.26. The molecule has 0 bridgehead atoms. The molecule has 0 heterocycles. The van der Waals surface area contributed by atoms with Gasteiger partial charge in [0.1, 0.15) is 12.2 Å². The van der Waals surface area contributed by atoms with E-state index in [0.29, 0.717) is 12.5 Å². The molecular formula is C9H14O3. The van der Waals surface area contributed by atoms with E-state index in [1.807, 2.05) is 0 Å². The van der Waals surface area contributed by atoms with E-state index in [4.69, 9.17) is 4.74 Å². The first-order valence-corrected chi connectivity index (χ1v) is 4.33. The summed E-state index contributed by atoms with van der Waals surface area (Å²) in [6.45, 7) is 1.90. The van der Waals surface area contributed by atoms with Crippen molar-refractivity contribution in [1.29, 1.82) is 0 Å². The number of hydrogen-bond donors (Lipinski definition) is 0. The highest BCUT2D eigenvalue weighted by Gasteiger charge is 2.19. The van der Waals surface area contributed by atoms with Crippen LogP contribution in [0.5, 0.6) is 0 Å². The highest BCUT2D eigenvalue weighted by molar-refractivity contribution is 5.94. The molecule has 1 aliphatic carbocycles. The zero-order chi connectivity index (χ0) is 8.97. The molecule has 0 aromatic rings. The van der Waals surface area contributed by atoms with Gasteiger partial charge in [0.15, 0.2) is 0 Å². The molecule has 0 aromatic carbocycles. The van der Waals surface area contributed by atoms with E-state index in [1.165, 1.54) is 13.3 Å². The number of ether oxygens (including phenoxy) is 1. The molecule has 3 heteroatoms. The second kappa shape index (κ2) is 4.24. The van der Waals surface area contributed by atoms with Crippen molar-refractivity contribution in [3.8, 4) is 0 Å². The lowest BCUT2D eigenvalue weighted by molar-refractivity contribution is -0.147. The average molecular weight is 170 g/mol. The quantitative estimate of drug-likeness (QED) is 0.472. The third-order valence-electron chi connectivity index (χ3n) is 2.10. The van der Waals surface area contributed by atoms with Gasteiger partial charge in [-0.2, -0.15) is 0 Å². The molecule has 68 valence electrons. The highest BCUT2D eigenvalue weighted by atomic mass is 16.5. The minimum absolute atomic E-state index is 0.0767. The molecule has 0 aliphatic heterocycles. The van der Waals surface area contributed by atoms with E-state index in [-0.39, 0.29) is 18.2 Å². The summed E-state index contributed by atoms with van der Waals surface area (Å²) in [5.41, 5.74) is 0. The van der Waals surface area contributed by atoms with Gasteiger partial charge >= 0.3 is 5.97 Å². The summed E-state index contributed by atoms with van der Waals surface area (Å²) in [6, 6.07) is 0. The molecule has 0 atom stereocenters. The van der Waals surface area contributed by atoms with Crippen molar-refractivity contribution in [2.24, 2.45) is 5.92 Å². The average Bonchev–Trinajstić information content (AvgIpc) is 1.81. The number of ketones is 1. The summed E-state index contributed by atoms with van der Waals surface area (Å²) < 4.78 is 4.90. The van der Waals surface area contributed by atoms with Crippen molar-refractivity contribution in [2.45, 2.75) is 32.6 Å². The van der Waals surface area contributed by atoms with Gasteiger partial charge < -0.3 is 4.74 Å². The topological polar surface area (TPSA) is 43.4 Å². The van der Waals surface area contributed by atoms with Gasteiger partial charge in [-0.1, -0.05) is 6.42 Å². The molecule has 0 aromatic heterocycles. The fourth-order valence-electron chi connectivity index (χ4n) is 1.12. The Labute approximate surface area is 72.1 Å². The first kappa shape index (κ1) is 9.23. The van der Waals surface area contributed by atoms with E-state index in [1.54, 1.807) is 0 Å². The van der Waals surface area contributed by atoms with Gasteiger partial charge in [0, 0.05) is 0 Å². The summed E-state index contributed by atoms with van der Waals surface area (Å²) >= 11 is 0. The third-order valence-corrected chi connectivity index (χ3v) is 2.10. The molecule has 1 aliphatic rings. The van der Waals surface area contributed by atoms with E-state index in [0.717, 1.165) is 12.8 Å². The minimum Gasteiger partial charge on any atom is -0.465 e. The van der Waals surface area contributed by atoms with Crippen molar-refractivity contribution in [2.75, 3.05) is 6.61 Å². The maximum absolute atomic E-state index is 10.9. The number of rotatable bonds is 4. The Balaban J connectivity index is 2.05. The Hall–Kier alpha value is -0.860. The van der Waals surface area contributed by atoms with Gasteiger partial charge in [-0.25, -0.2) is 0 Å². The number of Topliss-reactive ketones (excluding diaryl/α,β-unsaturated/α-hetero) is 1. The van der Waals surface area contributed by atoms with E-state index in [9.17, 15) is 9.59 Å². The van der Waals surface area contributed by atoms with Crippen molar-refractivity contribution in [3.63, 3.8) is 0 Å². The van der Waals surface area contributed by atoms with Crippen molar-refractivity contribution in [3.05, 3.63) is 0 Å². The number of carbonyl (C=O) groups is 2. The third kappa shape index (κ3) is 3.03. The molecular weight excluding hydrogens is 156 g/mol. The maximum Gasteiger partial charge on any atom is 0.313 e. The normalized spacial score (nSPS) is 16.8. The second-order valence-electron chi connectivity index (χ2n) is 3.36. The molecule has 0 N–H and O–H groups in total. The van der Waals surface area contributed by atoms with Crippen LogP contribution >= 0.6 is 0 Å². The Bertz CT molecular complexity index is 182. The number of esters is 1. The summed E-state index contributed by atoms with van der Waals surface area (Å²) in [6.07, 6.45) is 3.49. The van der Waals surface area contributed by atoms with Gasteiger partial charge in [-0.15, -0.1) is 0 Å². The van der Waals surface area contributed by atoms with Gasteiger partial charge in [0.25, 0.3) is 0 Å². The fraction of sp³-hybridized carbons (Fsp3) is 0.778. The van der Waals surface area contributed by atoms with E-state index in [2.05, 4.69) is 0 Å². The molecule has 0 saturated heterocycles. The Morgan fingerprint density at radius 1 is 1.42 bits per heavy atom. The predicted molar refractivity (Wildman–Crippen MR) is 43.6 cm³/mol. The minimum atomic E-state index is -0.380. The Morgan fingerprint density at radius 3 is 2.50 bits per heavy atom. The van der Waals surface area contributed by atoms with Crippen LogP contribution in [0.1, 0.15) is 32.6 Å². The smallest absolute Gasteiger partial charge is 0.313 e. The van der Waals surface area contributed by atoms with Gasteiger partial charge in [-0.3, -0.25) is 9.59 Å². The molecule has 0 unspecified atom stereocenters. The lowest BCUT2D eigenvalue weighted by Gasteiger charge is -2.24. The summed E-state index contributed by atoms with van der Waals surface area (Å²) in [5.74, 6) is 0.0453. The second-order valence-corrected chi connectivity index (χ2v) is 3.36. The van der Waals surface area contributed by atoms with Gasteiger partial charge in [0.05, 0.1) is 6.61 Å².